The van der Waals surface area contributed by atoms with E-state index in [4.69, 9.17) is 0 Å². The lowest BCUT2D eigenvalue weighted by atomic mass is 10.1. The smallest absolute Gasteiger partial charge is 0.130 e. The van der Waals surface area contributed by atoms with Gasteiger partial charge in [-0.05, 0) is 6.42 Å². The molecular formula is C10H22OSi. The van der Waals surface area contributed by atoms with Crippen molar-refractivity contribution in [2.24, 2.45) is 0 Å². The van der Waals surface area contributed by atoms with Crippen LogP contribution in [-0.2, 0) is 4.79 Å². The molecule has 2 heteroatoms. The van der Waals surface area contributed by atoms with Crippen molar-refractivity contribution in [1.29, 1.82) is 0 Å². The molecule has 0 spiro atoms. The topological polar surface area (TPSA) is 17.1 Å². The molecule has 0 amide bonds. The van der Waals surface area contributed by atoms with E-state index in [9.17, 15) is 4.79 Å². The molecule has 0 saturated carbocycles. The predicted molar refractivity (Wildman–Crippen MR) is 57.3 cm³/mol. The zero-order chi connectivity index (χ0) is 9.61. The Kier molecular flexibility index (Phi) is 5.47. The van der Waals surface area contributed by atoms with E-state index in [0.29, 0.717) is 5.78 Å². The molecule has 0 aliphatic heterocycles. The Labute approximate surface area is 77.6 Å². The number of hydrogen-bond donors (Lipinski definition) is 0. The summed E-state index contributed by atoms with van der Waals surface area (Å²) in [6.45, 7) is 8.93. The summed E-state index contributed by atoms with van der Waals surface area (Å²) in [5, 5.41) is 0. The summed E-state index contributed by atoms with van der Waals surface area (Å²) < 4.78 is 0. The number of Topliss-reactive ketones (excluding diaryl/α,β-unsaturated/α-hetero) is 1. The van der Waals surface area contributed by atoms with Crippen LogP contribution in [0.3, 0.4) is 0 Å². The second-order valence-corrected chi connectivity index (χ2v) is 10.2. The van der Waals surface area contributed by atoms with E-state index in [2.05, 4.69) is 26.6 Å². The van der Waals surface area contributed by atoms with Gasteiger partial charge in [-0.15, -0.1) is 0 Å². The van der Waals surface area contributed by atoms with E-state index in [1.54, 1.807) is 0 Å². The molecular weight excluding hydrogens is 164 g/mol. The fraction of sp³-hybridized carbons (Fsp3) is 0.900. The highest BCUT2D eigenvalue weighted by Gasteiger charge is 2.17. The first-order valence-electron chi connectivity index (χ1n) is 4.97. The lowest BCUT2D eigenvalue weighted by Gasteiger charge is -2.13. The summed E-state index contributed by atoms with van der Waals surface area (Å²) >= 11 is 0. The monoisotopic (exact) mass is 186 g/mol. The second kappa shape index (κ2) is 5.52. The molecule has 1 nitrogen and oxygen atoms in total. The van der Waals surface area contributed by atoms with Crippen molar-refractivity contribution in [3.63, 3.8) is 0 Å². The largest absolute Gasteiger partial charge is 0.300 e. The van der Waals surface area contributed by atoms with Crippen LogP contribution < -0.4 is 0 Å². The molecule has 0 radical (unpaired) electrons. The molecule has 0 aliphatic carbocycles. The first-order chi connectivity index (χ1) is 5.45. The fourth-order valence-corrected chi connectivity index (χ4v) is 2.61. The Bertz CT molecular complexity index is 135. The molecule has 0 atom stereocenters. The van der Waals surface area contributed by atoms with E-state index in [1.165, 1.54) is 12.8 Å². The van der Waals surface area contributed by atoms with Crippen LogP contribution in [0.2, 0.25) is 25.7 Å². The quantitative estimate of drug-likeness (QED) is 0.458. The molecule has 0 bridgehead atoms. The van der Waals surface area contributed by atoms with Crippen molar-refractivity contribution in [1.82, 2.24) is 0 Å². The van der Waals surface area contributed by atoms with Gasteiger partial charge >= 0.3 is 0 Å². The van der Waals surface area contributed by atoms with Gasteiger partial charge in [0, 0.05) is 12.5 Å². The highest BCUT2D eigenvalue weighted by atomic mass is 28.3. The lowest BCUT2D eigenvalue weighted by Crippen LogP contribution is -2.23. The molecule has 0 rings (SSSR count). The van der Waals surface area contributed by atoms with Gasteiger partial charge in [0.1, 0.15) is 5.78 Å². The molecule has 0 aliphatic rings. The fourth-order valence-electron chi connectivity index (χ4n) is 1.25. The van der Waals surface area contributed by atoms with Crippen molar-refractivity contribution in [3.05, 3.63) is 0 Å². The number of carbonyl (C=O) groups excluding carboxylic acids is 1. The third kappa shape index (κ3) is 7.99. The standard InChI is InChI=1S/C10H22OSi/c1-5-6-7-8-10(11)9-12(2,3)4/h5-9H2,1-4H3. The van der Waals surface area contributed by atoms with Crippen molar-refractivity contribution in [3.8, 4) is 0 Å². The third-order valence-electron chi connectivity index (χ3n) is 1.79. The van der Waals surface area contributed by atoms with Crippen molar-refractivity contribution in [2.45, 2.75) is 58.3 Å². The van der Waals surface area contributed by atoms with E-state index in [-0.39, 0.29) is 0 Å². The Morgan fingerprint density at radius 1 is 1.17 bits per heavy atom. The summed E-state index contributed by atoms with van der Waals surface area (Å²) in [4.78, 5) is 11.4. The molecule has 0 fully saturated rings. The number of carbonyl (C=O) groups is 1. The second-order valence-electron chi connectivity index (χ2n) is 4.73. The summed E-state index contributed by atoms with van der Waals surface area (Å²) in [7, 11) is -1.13. The molecule has 0 aromatic rings. The van der Waals surface area contributed by atoms with Crippen LogP contribution in [0.25, 0.3) is 0 Å². The van der Waals surface area contributed by atoms with Gasteiger partial charge in [-0.25, -0.2) is 0 Å². The van der Waals surface area contributed by atoms with Crippen LogP contribution in [0.15, 0.2) is 0 Å². The molecule has 0 aromatic heterocycles. The number of hydrogen-bond acceptors (Lipinski definition) is 1. The van der Waals surface area contributed by atoms with Crippen LogP contribution in [0.5, 0.6) is 0 Å². The van der Waals surface area contributed by atoms with Crippen LogP contribution >= 0.6 is 0 Å². The number of unbranched alkanes of at least 4 members (excludes halogenated alkanes) is 2. The minimum atomic E-state index is -1.13. The lowest BCUT2D eigenvalue weighted by molar-refractivity contribution is -0.117. The van der Waals surface area contributed by atoms with Crippen molar-refractivity contribution in [2.75, 3.05) is 0 Å². The van der Waals surface area contributed by atoms with Gasteiger partial charge in [0.15, 0.2) is 0 Å². The Morgan fingerprint density at radius 2 is 1.75 bits per heavy atom. The first kappa shape index (κ1) is 11.9. The Balaban J connectivity index is 3.47. The Morgan fingerprint density at radius 3 is 2.17 bits per heavy atom. The zero-order valence-electron chi connectivity index (χ0n) is 8.94. The molecule has 72 valence electrons. The van der Waals surface area contributed by atoms with Gasteiger partial charge in [-0.3, -0.25) is 0 Å². The molecule has 0 saturated heterocycles. The average Bonchev–Trinajstić information content (AvgIpc) is 1.84. The molecule has 0 N–H and O–H groups in total. The van der Waals surface area contributed by atoms with Crippen molar-refractivity contribution < 1.29 is 4.79 Å². The van der Waals surface area contributed by atoms with E-state index in [0.717, 1.165) is 18.9 Å². The van der Waals surface area contributed by atoms with Gasteiger partial charge in [0.2, 0.25) is 0 Å². The van der Waals surface area contributed by atoms with Gasteiger partial charge in [-0.1, -0.05) is 39.4 Å². The molecule has 0 heterocycles. The molecule has 0 unspecified atom stereocenters. The third-order valence-corrected chi connectivity index (χ3v) is 3.24. The highest BCUT2D eigenvalue weighted by molar-refractivity contribution is 6.78. The maximum absolute atomic E-state index is 11.4. The van der Waals surface area contributed by atoms with E-state index >= 15 is 0 Å². The molecule has 0 aromatic carbocycles. The van der Waals surface area contributed by atoms with Gasteiger partial charge in [-0.2, -0.15) is 0 Å². The van der Waals surface area contributed by atoms with Crippen LogP contribution in [0.4, 0.5) is 0 Å². The van der Waals surface area contributed by atoms with Gasteiger partial charge in [0.25, 0.3) is 0 Å². The van der Waals surface area contributed by atoms with Crippen LogP contribution in [0, 0.1) is 0 Å². The maximum Gasteiger partial charge on any atom is 0.130 e. The van der Waals surface area contributed by atoms with Crippen molar-refractivity contribution >= 4 is 13.9 Å². The maximum atomic E-state index is 11.4. The van der Waals surface area contributed by atoms with Crippen LogP contribution in [0.1, 0.15) is 32.6 Å². The summed E-state index contributed by atoms with van der Waals surface area (Å²) in [6, 6.07) is 0.872. The van der Waals surface area contributed by atoms with Crippen LogP contribution in [-0.4, -0.2) is 13.9 Å². The van der Waals surface area contributed by atoms with Gasteiger partial charge in [0.05, 0.1) is 8.07 Å². The Hall–Kier alpha value is -0.113. The zero-order valence-corrected chi connectivity index (χ0v) is 9.94. The first-order valence-corrected chi connectivity index (χ1v) is 8.68. The minimum Gasteiger partial charge on any atom is -0.300 e. The average molecular weight is 186 g/mol. The van der Waals surface area contributed by atoms with E-state index in [1.807, 2.05) is 0 Å². The predicted octanol–water partition coefficient (Wildman–Crippen LogP) is 3.47. The molecule has 12 heavy (non-hydrogen) atoms. The van der Waals surface area contributed by atoms with E-state index < -0.39 is 8.07 Å². The summed E-state index contributed by atoms with van der Waals surface area (Å²) in [6.07, 6.45) is 4.33. The van der Waals surface area contributed by atoms with Gasteiger partial charge < -0.3 is 4.79 Å². The summed E-state index contributed by atoms with van der Waals surface area (Å²) in [5.74, 6) is 0.489. The number of ketones is 1. The SMILES string of the molecule is CCCCCC(=O)C[Si](C)(C)C. The minimum absolute atomic E-state index is 0.489. The normalized spacial score (nSPS) is 11.7. The highest BCUT2D eigenvalue weighted by Crippen LogP contribution is 2.11. The number of rotatable bonds is 6. The summed E-state index contributed by atoms with van der Waals surface area (Å²) in [5.41, 5.74) is 0.